The minimum absolute atomic E-state index is 0.156. The van der Waals surface area contributed by atoms with E-state index in [2.05, 4.69) is 10.0 Å². The van der Waals surface area contributed by atoms with Crippen molar-refractivity contribution in [3.05, 3.63) is 29.3 Å². The molecule has 4 N–H and O–H groups in total. The highest BCUT2D eigenvalue weighted by Gasteiger charge is 2.18. The molecular weight excluding hydrogens is 278 g/mol. The van der Waals surface area contributed by atoms with E-state index in [9.17, 15) is 13.2 Å². The molecule has 0 aliphatic rings. The quantitative estimate of drug-likeness (QED) is 0.672. The van der Waals surface area contributed by atoms with Crippen LogP contribution in [0.5, 0.6) is 0 Å². The van der Waals surface area contributed by atoms with Crippen LogP contribution >= 0.6 is 0 Å². The van der Waals surface area contributed by atoms with Gasteiger partial charge in [-0.1, -0.05) is 19.1 Å². The SMILES string of the molecule is CCCNC(=O)CNS(=O)(=O)c1cc(CN)ccc1C. The van der Waals surface area contributed by atoms with E-state index in [0.717, 1.165) is 12.0 Å². The molecule has 0 spiro atoms. The maximum absolute atomic E-state index is 12.2. The van der Waals surface area contributed by atoms with Crippen LogP contribution in [0.15, 0.2) is 23.1 Å². The van der Waals surface area contributed by atoms with Crippen LogP contribution in [0.2, 0.25) is 0 Å². The third kappa shape index (κ3) is 4.59. The van der Waals surface area contributed by atoms with Crippen LogP contribution in [0.3, 0.4) is 0 Å². The highest BCUT2D eigenvalue weighted by Crippen LogP contribution is 2.16. The van der Waals surface area contributed by atoms with Crippen molar-refractivity contribution in [2.45, 2.75) is 31.7 Å². The van der Waals surface area contributed by atoms with Crippen LogP contribution in [0.4, 0.5) is 0 Å². The first-order valence-electron chi connectivity index (χ1n) is 6.46. The van der Waals surface area contributed by atoms with E-state index in [1.165, 1.54) is 6.07 Å². The molecule has 0 unspecified atom stereocenters. The van der Waals surface area contributed by atoms with E-state index >= 15 is 0 Å². The van der Waals surface area contributed by atoms with Crippen molar-refractivity contribution < 1.29 is 13.2 Å². The van der Waals surface area contributed by atoms with E-state index in [0.29, 0.717) is 12.1 Å². The van der Waals surface area contributed by atoms with E-state index in [1.54, 1.807) is 19.1 Å². The van der Waals surface area contributed by atoms with Crippen LogP contribution in [0, 0.1) is 6.92 Å². The number of hydrogen-bond acceptors (Lipinski definition) is 4. The predicted molar refractivity (Wildman–Crippen MR) is 77.6 cm³/mol. The van der Waals surface area contributed by atoms with Gasteiger partial charge in [-0.2, -0.15) is 0 Å². The minimum atomic E-state index is -3.71. The van der Waals surface area contributed by atoms with Gasteiger partial charge in [0, 0.05) is 13.1 Å². The van der Waals surface area contributed by atoms with Crippen molar-refractivity contribution >= 4 is 15.9 Å². The van der Waals surface area contributed by atoms with E-state index in [4.69, 9.17) is 5.73 Å². The highest BCUT2D eigenvalue weighted by molar-refractivity contribution is 7.89. The molecule has 0 aliphatic carbocycles. The number of hydrogen-bond donors (Lipinski definition) is 3. The van der Waals surface area contributed by atoms with Crippen LogP contribution in [-0.4, -0.2) is 27.4 Å². The summed E-state index contributed by atoms with van der Waals surface area (Å²) in [5.74, 6) is -0.344. The summed E-state index contributed by atoms with van der Waals surface area (Å²) in [6.07, 6.45) is 0.802. The Hall–Kier alpha value is -1.44. The van der Waals surface area contributed by atoms with Gasteiger partial charge in [-0.15, -0.1) is 0 Å². The van der Waals surface area contributed by atoms with E-state index in [-0.39, 0.29) is 23.9 Å². The molecule has 0 aromatic heterocycles. The number of sulfonamides is 1. The smallest absolute Gasteiger partial charge is 0.241 e. The van der Waals surface area contributed by atoms with Gasteiger partial charge in [-0.05, 0) is 30.5 Å². The third-order valence-corrected chi connectivity index (χ3v) is 4.32. The number of rotatable bonds is 7. The Morgan fingerprint density at radius 1 is 1.35 bits per heavy atom. The predicted octanol–water partition coefficient (Wildman–Crippen LogP) is 0.258. The fourth-order valence-corrected chi connectivity index (χ4v) is 2.90. The lowest BCUT2D eigenvalue weighted by atomic mass is 10.1. The van der Waals surface area contributed by atoms with Crippen LogP contribution in [-0.2, 0) is 21.4 Å². The van der Waals surface area contributed by atoms with Gasteiger partial charge in [0.15, 0.2) is 0 Å². The molecule has 1 amide bonds. The maximum Gasteiger partial charge on any atom is 0.241 e. The molecule has 0 heterocycles. The molecule has 112 valence electrons. The average Bonchev–Trinajstić information content (AvgIpc) is 2.43. The van der Waals surface area contributed by atoms with Crippen molar-refractivity contribution in [2.24, 2.45) is 5.73 Å². The van der Waals surface area contributed by atoms with Crippen molar-refractivity contribution in [1.29, 1.82) is 0 Å². The molecule has 0 saturated heterocycles. The fourth-order valence-electron chi connectivity index (χ4n) is 1.63. The molecule has 0 bridgehead atoms. The first-order valence-corrected chi connectivity index (χ1v) is 7.95. The molecule has 7 heteroatoms. The molecule has 0 radical (unpaired) electrons. The molecule has 6 nitrogen and oxygen atoms in total. The Morgan fingerprint density at radius 3 is 2.65 bits per heavy atom. The zero-order valence-electron chi connectivity index (χ0n) is 11.8. The van der Waals surface area contributed by atoms with Gasteiger partial charge in [-0.3, -0.25) is 4.79 Å². The summed E-state index contributed by atoms with van der Waals surface area (Å²) >= 11 is 0. The number of amides is 1. The summed E-state index contributed by atoms with van der Waals surface area (Å²) in [5, 5.41) is 2.61. The summed E-state index contributed by atoms with van der Waals surface area (Å²) in [6.45, 7) is 4.15. The van der Waals surface area contributed by atoms with Gasteiger partial charge in [-0.25, -0.2) is 13.1 Å². The first kappa shape index (κ1) is 16.6. The largest absolute Gasteiger partial charge is 0.355 e. The maximum atomic E-state index is 12.2. The molecule has 20 heavy (non-hydrogen) atoms. The van der Waals surface area contributed by atoms with Gasteiger partial charge in [0.25, 0.3) is 0 Å². The van der Waals surface area contributed by atoms with E-state index < -0.39 is 10.0 Å². The van der Waals surface area contributed by atoms with Crippen molar-refractivity contribution in [3.63, 3.8) is 0 Å². The Balaban J connectivity index is 2.81. The average molecular weight is 299 g/mol. The summed E-state index contributed by atoms with van der Waals surface area (Å²) in [7, 11) is -3.71. The van der Waals surface area contributed by atoms with Crippen LogP contribution < -0.4 is 15.8 Å². The number of benzene rings is 1. The molecule has 1 aromatic rings. The lowest BCUT2D eigenvalue weighted by Crippen LogP contribution is -2.37. The topological polar surface area (TPSA) is 101 Å². The zero-order valence-corrected chi connectivity index (χ0v) is 12.6. The summed E-state index contributed by atoms with van der Waals surface area (Å²) in [4.78, 5) is 11.6. The van der Waals surface area contributed by atoms with Gasteiger partial charge < -0.3 is 11.1 Å². The number of aryl methyl sites for hydroxylation is 1. The second kappa shape index (κ2) is 7.37. The van der Waals surface area contributed by atoms with Gasteiger partial charge in [0.05, 0.1) is 11.4 Å². The van der Waals surface area contributed by atoms with Gasteiger partial charge >= 0.3 is 0 Å². The minimum Gasteiger partial charge on any atom is -0.355 e. The Kier molecular flexibility index (Phi) is 6.12. The monoisotopic (exact) mass is 299 g/mol. The number of carbonyl (C=O) groups excluding carboxylic acids is 1. The number of nitrogens with one attached hydrogen (secondary N) is 2. The highest BCUT2D eigenvalue weighted by atomic mass is 32.2. The number of nitrogens with two attached hydrogens (primary N) is 1. The standard InChI is InChI=1S/C13H21N3O3S/c1-3-6-15-13(17)9-16-20(18,19)12-7-11(8-14)5-4-10(12)2/h4-5,7,16H,3,6,8-9,14H2,1-2H3,(H,15,17). The second-order valence-electron chi connectivity index (χ2n) is 4.48. The summed E-state index contributed by atoms with van der Waals surface area (Å²) in [5.41, 5.74) is 6.85. The van der Waals surface area contributed by atoms with Crippen molar-refractivity contribution in [3.8, 4) is 0 Å². The normalized spacial score (nSPS) is 11.3. The van der Waals surface area contributed by atoms with Gasteiger partial charge in [0.2, 0.25) is 15.9 Å². The molecule has 0 atom stereocenters. The Bertz CT molecular complexity index is 570. The molecule has 0 saturated carbocycles. The Labute approximate surface area is 119 Å². The second-order valence-corrected chi connectivity index (χ2v) is 6.21. The fraction of sp³-hybridized carbons (Fsp3) is 0.462. The molecular formula is C13H21N3O3S. The molecule has 0 aliphatic heterocycles. The third-order valence-electron chi connectivity index (χ3n) is 2.77. The number of carbonyl (C=O) groups is 1. The lowest BCUT2D eigenvalue weighted by Gasteiger charge is -2.10. The van der Waals surface area contributed by atoms with Crippen molar-refractivity contribution in [2.75, 3.05) is 13.1 Å². The summed E-state index contributed by atoms with van der Waals surface area (Å²) in [6, 6.07) is 5.01. The molecule has 1 aromatic carbocycles. The summed E-state index contributed by atoms with van der Waals surface area (Å²) < 4.78 is 26.6. The Morgan fingerprint density at radius 2 is 2.05 bits per heavy atom. The molecule has 0 fully saturated rings. The first-order chi connectivity index (χ1) is 9.40. The molecule has 1 rings (SSSR count). The zero-order chi connectivity index (χ0) is 15.2. The van der Waals surface area contributed by atoms with Crippen molar-refractivity contribution in [1.82, 2.24) is 10.0 Å². The lowest BCUT2D eigenvalue weighted by molar-refractivity contribution is -0.119. The van der Waals surface area contributed by atoms with E-state index in [1.807, 2.05) is 6.92 Å². The van der Waals surface area contributed by atoms with Crippen LogP contribution in [0.25, 0.3) is 0 Å². The van der Waals surface area contributed by atoms with Crippen LogP contribution in [0.1, 0.15) is 24.5 Å². The van der Waals surface area contributed by atoms with Gasteiger partial charge in [0.1, 0.15) is 0 Å².